The van der Waals surface area contributed by atoms with Gasteiger partial charge < -0.3 is 10.6 Å². The second-order valence-corrected chi connectivity index (χ2v) is 5.76. The predicted molar refractivity (Wildman–Crippen MR) is 88.2 cm³/mol. The van der Waals surface area contributed by atoms with E-state index in [1.54, 1.807) is 24.5 Å². The quantitative estimate of drug-likeness (QED) is 0.577. The molecule has 21 heavy (non-hydrogen) atoms. The summed E-state index contributed by atoms with van der Waals surface area (Å²) in [6.07, 6.45) is 2.03. The summed E-state index contributed by atoms with van der Waals surface area (Å²) in [6, 6.07) is 9.30. The van der Waals surface area contributed by atoms with Crippen molar-refractivity contribution in [1.29, 1.82) is 0 Å². The van der Waals surface area contributed by atoms with Gasteiger partial charge >= 0.3 is 0 Å². The van der Waals surface area contributed by atoms with Crippen LogP contribution in [0.4, 0.5) is 17.1 Å². The number of benzene rings is 1. The largest absolute Gasteiger partial charge is 0.388 e. The van der Waals surface area contributed by atoms with Crippen LogP contribution in [0.5, 0.6) is 0 Å². The molecule has 0 spiro atoms. The van der Waals surface area contributed by atoms with Crippen molar-refractivity contribution in [2.24, 2.45) is 0 Å². The number of thiophene rings is 1. The van der Waals surface area contributed by atoms with E-state index in [1.165, 1.54) is 10.9 Å². The molecule has 5 nitrogen and oxygen atoms in total. The Hall–Kier alpha value is -2.08. The molecular weight excluding hydrogens is 286 g/mol. The van der Waals surface area contributed by atoms with E-state index in [0.29, 0.717) is 0 Å². The fourth-order valence-corrected chi connectivity index (χ4v) is 3.02. The summed E-state index contributed by atoms with van der Waals surface area (Å²) in [5.74, 6) is 0. The summed E-state index contributed by atoms with van der Waals surface area (Å²) in [7, 11) is 1.76. The third-order valence-electron chi connectivity index (χ3n) is 3.22. The SMILES string of the molecule is CCCC(Nc1cc(NC)cc([N+](=O)[O-])c1)c1cccs1. The Morgan fingerprint density at radius 2 is 2.10 bits per heavy atom. The average Bonchev–Trinajstić information content (AvgIpc) is 3.00. The third kappa shape index (κ3) is 3.95. The molecule has 1 aromatic heterocycles. The van der Waals surface area contributed by atoms with Crippen LogP contribution in [-0.4, -0.2) is 12.0 Å². The summed E-state index contributed by atoms with van der Waals surface area (Å²) in [6.45, 7) is 2.13. The predicted octanol–water partition coefficient (Wildman–Crippen LogP) is 4.65. The highest BCUT2D eigenvalue weighted by Gasteiger charge is 2.14. The average molecular weight is 305 g/mol. The molecule has 2 N–H and O–H groups in total. The van der Waals surface area contributed by atoms with Crippen LogP contribution in [0.15, 0.2) is 35.7 Å². The molecule has 0 saturated carbocycles. The summed E-state index contributed by atoms with van der Waals surface area (Å²) >= 11 is 1.70. The van der Waals surface area contributed by atoms with Gasteiger partial charge in [-0.2, -0.15) is 0 Å². The van der Waals surface area contributed by atoms with Gasteiger partial charge in [0.25, 0.3) is 5.69 Å². The molecule has 1 aromatic carbocycles. The highest BCUT2D eigenvalue weighted by molar-refractivity contribution is 7.10. The van der Waals surface area contributed by atoms with E-state index in [-0.39, 0.29) is 16.7 Å². The Morgan fingerprint density at radius 3 is 2.67 bits per heavy atom. The molecule has 0 bridgehead atoms. The molecular formula is C15H19N3O2S. The van der Waals surface area contributed by atoms with Crippen molar-refractivity contribution in [2.75, 3.05) is 17.7 Å². The molecule has 0 aliphatic heterocycles. The molecule has 112 valence electrons. The molecule has 0 aliphatic carbocycles. The van der Waals surface area contributed by atoms with Gasteiger partial charge in [0.05, 0.1) is 11.0 Å². The number of hydrogen-bond acceptors (Lipinski definition) is 5. The first kappa shape index (κ1) is 15.3. The fraction of sp³-hybridized carbons (Fsp3) is 0.333. The first-order chi connectivity index (χ1) is 10.1. The van der Waals surface area contributed by atoms with Crippen molar-refractivity contribution in [2.45, 2.75) is 25.8 Å². The zero-order valence-corrected chi connectivity index (χ0v) is 12.9. The van der Waals surface area contributed by atoms with Gasteiger partial charge in [0, 0.05) is 35.4 Å². The lowest BCUT2D eigenvalue weighted by Crippen LogP contribution is -2.09. The van der Waals surface area contributed by atoms with Crippen LogP contribution in [0.3, 0.4) is 0 Å². The standard InChI is InChI=1S/C15H19N3O2S/c1-3-5-14(15-6-4-7-21-15)17-12-8-11(16-2)9-13(10-12)18(19)20/h4,6-10,14,16-17H,3,5H2,1-2H3. The Labute approximate surface area is 128 Å². The van der Waals surface area contributed by atoms with Gasteiger partial charge in [-0.3, -0.25) is 10.1 Å². The number of nitro groups is 1. The third-order valence-corrected chi connectivity index (χ3v) is 4.21. The van der Waals surface area contributed by atoms with E-state index in [1.807, 2.05) is 17.5 Å². The van der Waals surface area contributed by atoms with Crippen molar-refractivity contribution < 1.29 is 4.92 Å². The number of non-ortho nitro benzene ring substituents is 1. The van der Waals surface area contributed by atoms with Crippen molar-refractivity contribution in [3.05, 3.63) is 50.7 Å². The lowest BCUT2D eigenvalue weighted by Gasteiger charge is -2.18. The van der Waals surface area contributed by atoms with E-state index in [0.717, 1.165) is 24.2 Å². The second-order valence-electron chi connectivity index (χ2n) is 4.78. The maximum Gasteiger partial charge on any atom is 0.273 e. The van der Waals surface area contributed by atoms with Crippen molar-refractivity contribution in [3.8, 4) is 0 Å². The second kappa shape index (κ2) is 7.08. The highest BCUT2D eigenvalue weighted by Crippen LogP contribution is 2.30. The van der Waals surface area contributed by atoms with Gasteiger partial charge in [-0.15, -0.1) is 11.3 Å². The Morgan fingerprint density at radius 1 is 1.33 bits per heavy atom. The zero-order chi connectivity index (χ0) is 15.2. The van der Waals surface area contributed by atoms with Crippen molar-refractivity contribution in [3.63, 3.8) is 0 Å². The normalized spacial score (nSPS) is 11.9. The molecule has 1 heterocycles. The molecule has 6 heteroatoms. The fourth-order valence-electron chi connectivity index (χ4n) is 2.21. The molecule has 0 saturated heterocycles. The maximum absolute atomic E-state index is 11.0. The van der Waals surface area contributed by atoms with Gasteiger partial charge in [0.2, 0.25) is 0 Å². The minimum absolute atomic E-state index is 0.0887. The minimum Gasteiger partial charge on any atom is -0.388 e. The highest BCUT2D eigenvalue weighted by atomic mass is 32.1. The number of nitro benzene ring substituents is 1. The van der Waals surface area contributed by atoms with Crippen LogP contribution in [0.2, 0.25) is 0 Å². The van der Waals surface area contributed by atoms with Gasteiger partial charge in [-0.05, 0) is 23.9 Å². The number of hydrogen-bond donors (Lipinski definition) is 2. The monoisotopic (exact) mass is 305 g/mol. The van der Waals surface area contributed by atoms with Gasteiger partial charge in [-0.1, -0.05) is 19.4 Å². The van der Waals surface area contributed by atoms with E-state index in [9.17, 15) is 10.1 Å². The number of anilines is 2. The maximum atomic E-state index is 11.0. The zero-order valence-electron chi connectivity index (χ0n) is 12.1. The molecule has 2 aromatic rings. The van der Waals surface area contributed by atoms with Gasteiger partial charge in [0.1, 0.15) is 0 Å². The number of rotatable bonds is 7. The van der Waals surface area contributed by atoms with E-state index in [4.69, 9.17) is 0 Å². The van der Waals surface area contributed by atoms with Crippen LogP contribution < -0.4 is 10.6 Å². The van der Waals surface area contributed by atoms with E-state index >= 15 is 0 Å². The van der Waals surface area contributed by atoms with Crippen LogP contribution in [0, 0.1) is 10.1 Å². The lowest BCUT2D eigenvalue weighted by molar-refractivity contribution is -0.384. The molecule has 0 radical (unpaired) electrons. The number of nitrogens with zero attached hydrogens (tertiary/aromatic N) is 1. The van der Waals surface area contributed by atoms with Crippen LogP contribution >= 0.6 is 11.3 Å². The van der Waals surface area contributed by atoms with E-state index < -0.39 is 0 Å². The topological polar surface area (TPSA) is 67.2 Å². The lowest BCUT2D eigenvalue weighted by atomic mass is 10.1. The first-order valence-electron chi connectivity index (χ1n) is 6.91. The molecule has 2 rings (SSSR count). The Balaban J connectivity index is 2.27. The van der Waals surface area contributed by atoms with Gasteiger partial charge in [-0.25, -0.2) is 0 Å². The smallest absolute Gasteiger partial charge is 0.273 e. The molecule has 1 unspecified atom stereocenters. The number of nitrogens with one attached hydrogen (secondary N) is 2. The molecule has 0 aliphatic rings. The van der Waals surface area contributed by atoms with Crippen LogP contribution in [0.25, 0.3) is 0 Å². The van der Waals surface area contributed by atoms with Crippen LogP contribution in [-0.2, 0) is 0 Å². The summed E-state index contributed by atoms with van der Waals surface area (Å²) in [5, 5.41) is 19.4. The molecule has 0 amide bonds. The van der Waals surface area contributed by atoms with Crippen molar-refractivity contribution >= 4 is 28.4 Å². The summed E-state index contributed by atoms with van der Waals surface area (Å²) in [5.41, 5.74) is 1.58. The van der Waals surface area contributed by atoms with Crippen LogP contribution in [0.1, 0.15) is 30.7 Å². The van der Waals surface area contributed by atoms with Crippen molar-refractivity contribution in [1.82, 2.24) is 0 Å². The summed E-state index contributed by atoms with van der Waals surface area (Å²) in [4.78, 5) is 11.9. The first-order valence-corrected chi connectivity index (χ1v) is 7.79. The van der Waals surface area contributed by atoms with E-state index in [2.05, 4.69) is 23.6 Å². The molecule has 1 atom stereocenters. The Kier molecular flexibility index (Phi) is 5.16. The Bertz CT molecular complexity index is 599. The molecule has 0 fully saturated rings. The minimum atomic E-state index is -0.369. The van der Waals surface area contributed by atoms with Gasteiger partial charge in [0.15, 0.2) is 0 Å². The summed E-state index contributed by atoms with van der Waals surface area (Å²) < 4.78 is 0.